The smallest absolute Gasteiger partial charge is 0.0743 e. The van der Waals surface area contributed by atoms with Crippen molar-refractivity contribution in [3.05, 3.63) is 28.9 Å². The summed E-state index contributed by atoms with van der Waals surface area (Å²) < 4.78 is 1.05. The molecule has 0 atom stereocenters. The summed E-state index contributed by atoms with van der Waals surface area (Å²) in [6.45, 7) is 3.21. The third-order valence-corrected chi connectivity index (χ3v) is 4.18. The summed E-state index contributed by atoms with van der Waals surface area (Å²) in [4.78, 5) is 4.37. The van der Waals surface area contributed by atoms with Gasteiger partial charge in [-0.1, -0.05) is 55.0 Å². The molecule has 0 aliphatic rings. The van der Waals surface area contributed by atoms with E-state index >= 15 is 0 Å². The molecule has 0 saturated heterocycles. The number of fused-ring (bicyclic) bond motifs is 1. The van der Waals surface area contributed by atoms with Crippen LogP contribution in [0.4, 0.5) is 11.4 Å². The van der Waals surface area contributed by atoms with Crippen molar-refractivity contribution in [3.63, 3.8) is 0 Å². The fraction of sp³-hybridized carbons (Fsp3) is 0.471. The van der Waals surface area contributed by atoms with E-state index < -0.39 is 0 Å². The molecule has 2 aromatic rings. The van der Waals surface area contributed by atoms with E-state index in [9.17, 15) is 0 Å². The SMILES string of the molecule is CCCCCCCCNc1c(N)cnc2ccc(Br)cc12. The van der Waals surface area contributed by atoms with Crippen molar-refractivity contribution in [2.45, 2.75) is 45.4 Å². The highest BCUT2D eigenvalue weighted by Gasteiger charge is 2.06. The molecular formula is C17H24BrN3. The van der Waals surface area contributed by atoms with Gasteiger partial charge in [0.2, 0.25) is 0 Å². The van der Waals surface area contributed by atoms with Gasteiger partial charge in [0.25, 0.3) is 0 Å². The number of hydrogen-bond donors (Lipinski definition) is 2. The number of halogens is 1. The first-order valence-electron chi connectivity index (χ1n) is 7.80. The first-order valence-corrected chi connectivity index (χ1v) is 8.59. The largest absolute Gasteiger partial charge is 0.396 e. The number of aromatic nitrogens is 1. The second-order valence-electron chi connectivity index (χ2n) is 5.44. The number of nitrogens with one attached hydrogen (secondary N) is 1. The van der Waals surface area contributed by atoms with Crippen LogP contribution in [-0.4, -0.2) is 11.5 Å². The van der Waals surface area contributed by atoms with Crippen molar-refractivity contribution in [1.82, 2.24) is 4.98 Å². The standard InChI is InChI=1S/C17H24BrN3/c1-2-3-4-5-6-7-10-20-17-14-11-13(18)8-9-16(14)21-12-15(17)19/h8-9,11-12H,2-7,10,19H2,1H3,(H,20,21). The van der Waals surface area contributed by atoms with Crippen LogP contribution < -0.4 is 11.1 Å². The molecule has 2 rings (SSSR count). The van der Waals surface area contributed by atoms with E-state index in [1.807, 2.05) is 12.1 Å². The van der Waals surface area contributed by atoms with Crippen molar-refractivity contribution >= 4 is 38.2 Å². The number of pyridine rings is 1. The lowest BCUT2D eigenvalue weighted by atomic mass is 10.1. The Kier molecular flexibility index (Phi) is 6.30. The first-order chi connectivity index (χ1) is 10.2. The average Bonchev–Trinajstić information content (AvgIpc) is 2.48. The maximum Gasteiger partial charge on any atom is 0.0743 e. The van der Waals surface area contributed by atoms with Gasteiger partial charge in [-0.25, -0.2) is 0 Å². The molecule has 0 amide bonds. The minimum Gasteiger partial charge on any atom is -0.396 e. The molecule has 1 aromatic carbocycles. The summed E-state index contributed by atoms with van der Waals surface area (Å²) in [5.41, 5.74) is 8.77. The lowest BCUT2D eigenvalue weighted by molar-refractivity contribution is 0.617. The molecule has 0 fully saturated rings. The van der Waals surface area contributed by atoms with E-state index in [0.717, 1.165) is 27.6 Å². The molecule has 0 aliphatic carbocycles. The van der Waals surface area contributed by atoms with Gasteiger partial charge in [0.05, 0.1) is 23.1 Å². The summed E-state index contributed by atoms with van der Waals surface area (Å²) in [6, 6.07) is 6.08. The molecule has 0 saturated carbocycles. The molecule has 0 aliphatic heterocycles. The van der Waals surface area contributed by atoms with Crippen molar-refractivity contribution in [3.8, 4) is 0 Å². The van der Waals surface area contributed by atoms with Crippen LogP contribution in [-0.2, 0) is 0 Å². The van der Waals surface area contributed by atoms with Gasteiger partial charge in [-0.3, -0.25) is 4.98 Å². The van der Waals surface area contributed by atoms with Crippen LogP contribution in [0.1, 0.15) is 45.4 Å². The highest BCUT2D eigenvalue weighted by molar-refractivity contribution is 9.10. The fourth-order valence-corrected chi connectivity index (χ4v) is 2.86. The molecule has 0 unspecified atom stereocenters. The third-order valence-electron chi connectivity index (χ3n) is 3.69. The highest BCUT2D eigenvalue weighted by Crippen LogP contribution is 2.30. The van der Waals surface area contributed by atoms with Gasteiger partial charge in [0, 0.05) is 16.4 Å². The summed E-state index contributed by atoms with van der Waals surface area (Å²) in [7, 11) is 0. The highest BCUT2D eigenvalue weighted by atomic mass is 79.9. The van der Waals surface area contributed by atoms with Gasteiger partial charge < -0.3 is 11.1 Å². The van der Waals surface area contributed by atoms with Crippen molar-refractivity contribution in [2.75, 3.05) is 17.6 Å². The number of rotatable bonds is 8. The van der Waals surface area contributed by atoms with Crippen LogP contribution in [0.3, 0.4) is 0 Å². The van der Waals surface area contributed by atoms with Gasteiger partial charge >= 0.3 is 0 Å². The number of nitrogens with zero attached hydrogens (tertiary/aromatic N) is 1. The fourth-order valence-electron chi connectivity index (χ4n) is 2.50. The van der Waals surface area contributed by atoms with Crippen LogP contribution in [0.25, 0.3) is 10.9 Å². The van der Waals surface area contributed by atoms with Gasteiger partial charge in [-0.05, 0) is 24.6 Å². The predicted octanol–water partition coefficient (Wildman–Crippen LogP) is 5.35. The van der Waals surface area contributed by atoms with Crippen molar-refractivity contribution < 1.29 is 0 Å². The van der Waals surface area contributed by atoms with Crippen molar-refractivity contribution in [1.29, 1.82) is 0 Å². The zero-order valence-corrected chi connectivity index (χ0v) is 14.2. The quantitative estimate of drug-likeness (QED) is 0.631. The Bertz CT molecular complexity index is 578. The number of hydrogen-bond acceptors (Lipinski definition) is 3. The topological polar surface area (TPSA) is 50.9 Å². The summed E-state index contributed by atoms with van der Waals surface area (Å²) in [5.74, 6) is 0. The van der Waals surface area contributed by atoms with Crippen LogP contribution >= 0.6 is 15.9 Å². The lowest BCUT2D eigenvalue weighted by Crippen LogP contribution is -2.05. The molecule has 3 N–H and O–H groups in total. The van der Waals surface area contributed by atoms with Crippen LogP contribution in [0, 0.1) is 0 Å². The normalized spacial score (nSPS) is 11.0. The van der Waals surface area contributed by atoms with Crippen molar-refractivity contribution in [2.24, 2.45) is 0 Å². The molecule has 1 aromatic heterocycles. The second kappa shape index (κ2) is 8.23. The summed E-state index contributed by atoms with van der Waals surface area (Å²) >= 11 is 3.51. The number of unbranched alkanes of at least 4 members (excludes halogenated alkanes) is 5. The van der Waals surface area contributed by atoms with Gasteiger partial charge in [-0.2, -0.15) is 0 Å². The van der Waals surface area contributed by atoms with E-state index in [1.54, 1.807) is 6.20 Å². The summed E-state index contributed by atoms with van der Waals surface area (Å²) in [6.07, 6.45) is 9.52. The third kappa shape index (κ3) is 4.60. The second-order valence-corrected chi connectivity index (χ2v) is 6.36. The molecule has 4 heteroatoms. The van der Waals surface area contributed by atoms with E-state index in [2.05, 4.69) is 39.2 Å². The maximum absolute atomic E-state index is 6.08. The number of anilines is 2. The number of benzene rings is 1. The van der Waals surface area contributed by atoms with E-state index in [0.29, 0.717) is 5.69 Å². The Morgan fingerprint density at radius 1 is 1.14 bits per heavy atom. The molecule has 114 valence electrons. The molecule has 1 heterocycles. The Labute approximate surface area is 135 Å². The Morgan fingerprint density at radius 3 is 2.71 bits per heavy atom. The van der Waals surface area contributed by atoms with Crippen LogP contribution in [0.5, 0.6) is 0 Å². The monoisotopic (exact) mass is 349 g/mol. The van der Waals surface area contributed by atoms with Gasteiger partial charge in [0.1, 0.15) is 0 Å². The number of nitrogens with two attached hydrogens (primary N) is 1. The zero-order chi connectivity index (χ0) is 15.1. The lowest BCUT2D eigenvalue weighted by Gasteiger charge is -2.12. The minimum atomic E-state index is 0.714. The Morgan fingerprint density at radius 2 is 1.90 bits per heavy atom. The van der Waals surface area contributed by atoms with E-state index in [4.69, 9.17) is 5.73 Å². The molecule has 3 nitrogen and oxygen atoms in total. The van der Waals surface area contributed by atoms with E-state index in [1.165, 1.54) is 38.5 Å². The molecular weight excluding hydrogens is 326 g/mol. The Hall–Kier alpha value is -1.29. The summed E-state index contributed by atoms with van der Waals surface area (Å²) in [5, 5.41) is 4.57. The van der Waals surface area contributed by atoms with Crippen LogP contribution in [0.2, 0.25) is 0 Å². The molecule has 0 bridgehead atoms. The predicted molar refractivity (Wildman–Crippen MR) is 95.7 cm³/mol. The first kappa shape index (κ1) is 16.1. The molecule has 0 spiro atoms. The van der Waals surface area contributed by atoms with Crippen LogP contribution in [0.15, 0.2) is 28.9 Å². The average molecular weight is 350 g/mol. The van der Waals surface area contributed by atoms with Gasteiger partial charge in [0.15, 0.2) is 0 Å². The number of nitrogen functional groups attached to an aromatic ring is 1. The Balaban J connectivity index is 1.95. The minimum absolute atomic E-state index is 0.714. The van der Waals surface area contributed by atoms with E-state index in [-0.39, 0.29) is 0 Å². The molecule has 0 radical (unpaired) electrons. The molecule has 21 heavy (non-hydrogen) atoms. The van der Waals surface area contributed by atoms with Gasteiger partial charge in [-0.15, -0.1) is 0 Å². The maximum atomic E-state index is 6.08. The zero-order valence-electron chi connectivity index (χ0n) is 12.7.